The summed E-state index contributed by atoms with van der Waals surface area (Å²) in [5, 5.41) is 8.79. The van der Waals surface area contributed by atoms with Gasteiger partial charge in [0.25, 0.3) is 0 Å². The van der Waals surface area contributed by atoms with Crippen molar-refractivity contribution in [1.29, 1.82) is 0 Å². The number of rotatable bonds is 7. The second-order valence-corrected chi connectivity index (χ2v) is 6.69. The van der Waals surface area contributed by atoms with Crippen LogP contribution in [-0.2, 0) is 11.2 Å². The molecule has 1 saturated heterocycles. The van der Waals surface area contributed by atoms with Crippen LogP contribution in [0.3, 0.4) is 0 Å². The van der Waals surface area contributed by atoms with E-state index in [1.165, 1.54) is 24.1 Å². The Morgan fingerprint density at radius 3 is 2.61 bits per heavy atom. The van der Waals surface area contributed by atoms with E-state index in [-0.39, 0.29) is 12.5 Å². The summed E-state index contributed by atoms with van der Waals surface area (Å²) in [6.45, 7) is 3.36. The smallest absolute Gasteiger partial charge is 0.226 e. The molecule has 1 aromatic carbocycles. The molecule has 1 fully saturated rings. The van der Waals surface area contributed by atoms with E-state index >= 15 is 0 Å². The van der Waals surface area contributed by atoms with Crippen LogP contribution in [0.4, 0.5) is 11.4 Å². The Morgan fingerprint density at radius 1 is 1.04 bits per heavy atom. The third-order valence-corrected chi connectivity index (χ3v) is 5.04. The number of hydrogen-bond acceptors (Lipinski definition) is 3. The fourth-order valence-electron chi connectivity index (χ4n) is 3.68. The Labute approximate surface area is 139 Å². The first-order chi connectivity index (χ1) is 11.3. The molecule has 4 nitrogen and oxygen atoms in total. The summed E-state index contributed by atoms with van der Waals surface area (Å²) in [4.78, 5) is 17.0. The molecule has 126 valence electrons. The van der Waals surface area contributed by atoms with E-state index in [4.69, 9.17) is 5.11 Å². The van der Waals surface area contributed by atoms with E-state index in [1.807, 2.05) is 4.90 Å². The number of anilines is 2. The largest absolute Gasteiger partial charge is 0.396 e. The predicted molar refractivity (Wildman–Crippen MR) is 94.1 cm³/mol. The molecule has 0 aromatic heterocycles. The summed E-state index contributed by atoms with van der Waals surface area (Å²) in [6.07, 6.45) is 7.96. The van der Waals surface area contributed by atoms with E-state index < -0.39 is 0 Å². The molecule has 0 aliphatic carbocycles. The highest BCUT2D eigenvalue weighted by Crippen LogP contribution is 2.33. The van der Waals surface area contributed by atoms with Crippen molar-refractivity contribution in [3.05, 3.63) is 23.8 Å². The summed E-state index contributed by atoms with van der Waals surface area (Å²) in [5.41, 5.74) is 3.71. The number of aliphatic hydroxyl groups is 1. The van der Waals surface area contributed by atoms with Crippen molar-refractivity contribution in [2.45, 2.75) is 51.4 Å². The van der Waals surface area contributed by atoms with Crippen LogP contribution in [0, 0.1) is 0 Å². The molecule has 2 aliphatic heterocycles. The second-order valence-electron chi connectivity index (χ2n) is 6.69. The molecule has 4 heteroatoms. The lowest BCUT2D eigenvalue weighted by Crippen LogP contribution is -2.28. The first kappa shape index (κ1) is 16.3. The zero-order valence-corrected chi connectivity index (χ0v) is 14.0. The number of amides is 1. The highest BCUT2D eigenvalue weighted by molar-refractivity contribution is 5.96. The van der Waals surface area contributed by atoms with Gasteiger partial charge in [-0.15, -0.1) is 0 Å². The SMILES string of the molecule is O=C(CCCCCCO)N1CCc2ccc(N3CCCC3)cc21. The van der Waals surface area contributed by atoms with Crippen LogP contribution in [0.25, 0.3) is 0 Å². The lowest BCUT2D eigenvalue weighted by molar-refractivity contribution is -0.118. The number of nitrogens with zero attached hydrogens (tertiary/aromatic N) is 2. The van der Waals surface area contributed by atoms with Gasteiger partial charge in [-0.25, -0.2) is 0 Å². The van der Waals surface area contributed by atoms with Gasteiger partial charge in [-0.3, -0.25) is 4.79 Å². The number of aliphatic hydroxyl groups excluding tert-OH is 1. The van der Waals surface area contributed by atoms with E-state index in [0.717, 1.165) is 57.4 Å². The average molecular weight is 316 g/mol. The standard InChI is InChI=1S/C19H28N2O2/c22-14-6-2-1-3-7-19(23)21-13-10-16-8-9-17(15-18(16)21)20-11-4-5-12-20/h8-9,15,22H,1-7,10-14H2. The van der Waals surface area contributed by atoms with Crippen LogP contribution in [0.5, 0.6) is 0 Å². The molecule has 0 radical (unpaired) electrons. The highest BCUT2D eigenvalue weighted by Gasteiger charge is 2.25. The van der Waals surface area contributed by atoms with Crippen LogP contribution in [0.2, 0.25) is 0 Å². The number of fused-ring (bicyclic) bond motifs is 1. The Kier molecular flexibility index (Phi) is 5.55. The summed E-state index contributed by atoms with van der Waals surface area (Å²) in [7, 11) is 0. The fraction of sp³-hybridized carbons (Fsp3) is 0.632. The molecule has 0 bridgehead atoms. The molecule has 2 heterocycles. The van der Waals surface area contributed by atoms with Gasteiger partial charge in [-0.05, 0) is 49.8 Å². The Balaban J connectivity index is 1.60. The van der Waals surface area contributed by atoms with Gasteiger partial charge >= 0.3 is 0 Å². The number of hydrogen-bond donors (Lipinski definition) is 1. The molecule has 1 amide bonds. The van der Waals surface area contributed by atoms with Crippen LogP contribution in [-0.4, -0.2) is 37.3 Å². The van der Waals surface area contributed by atoms with Crippen LogP contribution in [0.1, 0.15) is 50.5 Å². The summed E-state index contributed by atoms with van der Waals surface area (Å²) >= 11 is 0. The molecule has 0 spiro atoms. The number of unbranched alkanes of at least 4 members (excludes halogenated alkanes) is 3. The molecule has 23 heavy (non-hydrogen) atoms. The number of carbonyl (C=O) groups is 1. The monoisotopic (exact) mass is 316 g/mol. The van der Waals surface area contributed by atoms with Gasteiger partial charge in [-0.1, -0.05) is 18.9 Å². The van der Waals surface area contributed by atoms with E-state index in [0.29, 0.717) is 6.42 Å². The fourth-order valence-corrected chi connectivity index (χ4v) is 3.68. The topological polar surface area (TPSA) is 43.8 Å². The third-order valence-electron chi connectivity index (χ3n) is 5.04. The van der Waals surface area contributed by atoms with Gasteiger partial charge in [0.15, 0.2) is 0 Å². The van der Waals surface area contributed by atoms with Crippen LogP contribution >= 0.6 is 0 Å². The molecule has 0 atom stereocenters. The molecule has 3 rings (SSSR count). The van der Waals surface area contributed by atoms with Crippen molar-refractivity contribution in [3.63, 3.8) is 0 Å². The lowest BCUT2D eigenvalue weighted by atomic mass is 10.1. The molecule has 2 aliphatic rings. The minimum absolute atomic E-state index is 0.256. The quantitative estimate of drug-likeness (QED) is 0.786. The van der Waals surface area contributed by atoms with Gasteiger partial charge < -0.3 is 14.9 Å². The highest BCUT2D eigenvalue weighted by atomic mass is 16.2. The van der Waals surface area contributed by atoms with E-state index in [9.17, 15) is 4.79 Å². The number of benzene rings is 1. The van der Waals surface area contributed by atoms with Crippen LogP contribution in [0.15, 0.2) is 18.2 Å². The Hall–Kier alpha value is -1.55. The van der Waals surface area contributed by atoms with Crippen molar-refractivity contribution < 1.29 is 9.90 Å². The minimum Gasteiger partial charge on any atom is -0.396 e. The lowest BCUT2D eigenvalue weighted by Gasteiger charge is -2.22. The molecule has 1 N–H and O–H groups in total. The maximum absolute atomic E-state index is 12.5. The zero-order chi connectivity index (χ0) is 16.1. The normalized spacial score (nSPS) is 16.9. The molecule has 0 unspecified atom stereocenters. The van der Waals surface area contributed by atoms with Crippen molar-refractivity contribution >= 4 is 17.3 Å². The summed E-state index contributed by atoms with van der Waals surface area (Å²) in [6, 6.07) is 6.64. The van der Waals surface area contributed by atoms with Gasteiger partial charge in [0.05, 0.1) is 0 Å². The molecular weight excluding hydrogens is 288 g/mol. The number of carbonyl (C=O) groups excluding carboxylic acids is 1. The van der Waals surface area contributed by atoms with Gasteiger partial charge in [0, 0.05) is 44.0 Å². The first-order valence-corrected chi connectivity index (χ1v) is 9.08. The summed E-state index contributed by atoms with van der Waals surface area (Å²) in [5.74, 6) is 0.256. The summed E-state index contributed by atoms with van der Waals surface area (Å²) < 4.78 is 0. The van der Waals surface area contributed by atoms with E-state index in [1.54, 1.807) is 0 Å². The maximum Gasteiger partial charge on any atom is 0.226 e. The molecule has 0 saturated carbocycles. The van der Waals surface area contributed by atoms with Gasteiger partial charge in [0.1, 0.15) is 0 Å². The Bertz CT molecular complexity index is 538. The minimum atomic E-state index is 0.256. The van der Waals surface area contributed by atoms with E-state index in [2.05, 4.69) is 23.1 Å². The van der Waals surface area contributed by atoms with Crippen molar-refractivity contribution in [2.24, 2.45) is 0 Å². The van der Waals surface area contributed by atoms with Crippen molar-refractivity contribution in [3.8, 4) is 0 Å². The van der Waals surface area contributed by atoms with Gasteiger partial charge in [0.2, 0.25) is 5.91 Å². The maximum atomic E-state index is 12.5. The Morgan fingerprint density at radius 2 is 1.83 bits per heavy atom. The zero-order valence-electron chi connectivity index (χ0n) is 14.0. The molecular formula is C19H28N2O2. The third kappa shape index (κ3) is 3.86. The first-order valence-electron chi connectivity index (χ1n) is 9.08. The van der Waals surface area contributed by atoms with Crippen LogP contribution < -0.4 is 9.80 Å². The molecule has 1 aromatic rings. The predicted octanol–water partition coefficient (Wildman–Crippen LogP) is 3.12. The van der Waals surface area contributed by atoms with Crippen molar-refractivity contribution in [1.82, 2.24) is 0 Å². The van der Waals surface area contributed by atoms with Crippen molar-refractivity contribution in [2.75, 3.05) is 36.0 Å². The second kappa shape index (κ2) is 7.82. The average Bonchev–Trinajstić information content (AvgIpc) is 3.23. The van der Waals surface area contributed by atoms with Gasteiger partial charge in [-0.2, -0.15) is 0 Å².